The molecule has 1 aromatic heterocycles. The molecule has 1 aliphatic heterocycles. The van der Waals surface area contributed by atoms with E-state index in [-0.39, 0.29) is 12.1 Å². The molecule has 1 aliphatic rings. The first-order chi connectivity index (χ1) is 9.76. The van der Waals surface area contributed by atoms with Crippen LogP contribution in [0.1, 0.15) is 28.5 Å². The monoisotopic (exact) mass is 287 g/mol. The van der Waals surface area contributed by atoms with Crippen LogP contribution in [0.3, 0.4) is 0 Å². The van der Waals surface area contributed by atoms with E-state index in [1.54, 1.807) is 11.3 Å². The van der Waals surface area contributed by atoms with Gasteiger partial charge in [-0.05, 0) is 12.0 Å². The van der Waals surface area contributed by atoms with E-state index in [1.807, 2.05) is 24.4 Å². The molecule has 1 amide bonds. The van der Waals surface area contributed by atoms with Crippen molar-refractivity contribution in [2.24, 2.45) is 0 Å². The van der Waals surface area contributed by atoms with Crippen molar-refractivity contribution in [1.82, 2.24) is 15.2 Å². The molecule has 3 rings (SSSR count). The molecule has 1 atom stereocenters. The number of carbonyl (C=O) groups excluding carboxylic acids is 1. The quantitative estimate of drug-likeness (QED) is 0.939. The number of aromatic nitrogens is 1. The van der Waals surface area contributed by atoms with E-state index in [2.05, 4.69) is 34.3 Å². The summed E-state index contributed by atoms with van der Waals surface area (Å²) in [6, 6.07) is 10.2. The molecule has 1 N–H and O–H groups in total. The first-order valence-corrected chi connectivity index (χ1v) is 7.60. The van der Waals surface area contributed by atoms with Crippen molar-refractivity contribution < 1.29 is 4.79 Å². The van der Waals surface area contributed by atoms with Crippen molar-refractivity contribution in [1.29, 1.82) is 0 Å². The van der Waals surface area contributed by atoms with Gasteiger partial charge in [0.25, 0.3) is 0 Å². The number of aryl methyl sites for hydroxylation is 1. The Balaban J connectivity index is 1.79. The van der Waals surface area contributed by atoms with Crippen molar-refractivity contribution in [2.45, 2.75) is 26.1 Å². The highest BCUT2D eigenvalue weighted by molar-refractivity contribution is 7.11. The van der Waals surface area contributed by atoms with Gasteiger partial charge in [0.15, 0.2) is 0 Å². The zero-order valence-electron chi connectivity index (χ0n) is 11.4. The van der Waals surface area contributed by atoms with E-state index in [0.29, 0.717) is 6.54 Å². The minimum absolute atomic E-state index is 0.0412. The second-order valence-electron chi connectivity index (χ2n) is 4.87. The Hall–Kier alpha value is -1.72. The van der Waals surface area contributed by atoms with Crippen LogP contribution in [0.15, 0.2) is 36.5 Å². The minimum atomic E-state index is -0.0412. The number of hydrogen-bond donors (Lipinski definition) is 1. The molecular weight excluding hydrogens is 270 g/mol. The Morgan fingerprint density at radius 1 is 1.40 bits per heavy atom. The maximum Gasteiger partial charge on any atom is 0.235 e. The van der Waals surface area contributed by atoms with Crippen LogP contribution < -0.4 is 5.32 Å². The summed E-state index contributed by atoms with van der Waals surface area (Å²) < 4.78 is 0. The van der Waals surface area contributed by atoms with Crippen molar-refractivity contribution in [3.05, 3.63) is 52.0 Å². The Bertz CT molecular complexity index is 596. The van der Waals surface area contributed by atoms with Gasteiger partial charge >= 0.3 is 0 Å². The minimum Gasteiger partial charge on any atom is -0.335 e. The third-order valence-corrected chi connectivity index (χ3v) is 4.58. The molecule has 104 valence electrons. The zero-order valence-corrected chi connectivity index (χ0v) is 12.2. The van der Waals surface area contributed by atoms with Gasteiger partial charge in [0, 0.05) is 12.7 Å². The standard InChI is InChI=1S/C15H17N3OS/c1-2-14-16-8-12(20-14)15-17-13(19)10-18(15)9-11-6-4-3-5-7-11/h3-8,15H,2,9-10H2,1H3,(H,17,19). The number of carbonyl (C=O) groups is 1. The predicted molar refractivity (Wildman–Crippen MR) is 79.2 cm³/mol. The number of thiazole rings is 1. The second kappa shape index (κ2) is 5.73. The molecule has 20 heavy (non-hydrogen) atoms. The molecule has 1 fully saturated rings. The average Bonchev–Trinajstić information content (AvgIpc) is 3.06. The predicted octanol–water partition coefficient (Wildman–Crippen LogP) is 2.34. The van der Waals surface area contributed by atoms with Crippen LogP contribution in [0.5, 0.6) is 0 Å². The van der Waals surface area contributed by atoms with Gasteiger partial charge in [0.2, 0.25) is 5.91 Å². The maximum atomic E-state index is 11.7. The number of rotatable bonds is 4. The molecule has 1 unspecified atom stereocenters. The fourth-order valence-electron chi connectivity index (χ4n) is 2.40. The van der Waals surface area contributed by atoms with Crippen molar-refractivity contribution in [3.8, 4) is 0 Å². The molecule has 4 nitrogen and oxygen atoms in total. The van der Waals surface area contributed by atoms with Crippen LogP contribution in [0, 0.1) is 0 Å². The molecule has 0 radical (unpaired) electrons. The van der Waals surface area contributed by atoms with Crippen LogP contribution in [0.2, 0.25) is 0 Å². The summed E-state index contributed by atoms with van der Waals surface area (Å²) in [7, 11) is 0. The fraction of sp³-hybridized carbons (Fsp3) is 0.333. The van der Waals surface area contributed by atoms with Crippen LogP contribution in [0.4, 0.5) is 0 Å². The van der Waals surface area contributed by atoms with Crippen LogP contribution in [-0.4, -0.2) is 22.3 Å². The van der Waals surface area contributed by atoms with Gasteiger partial charge in [0.1, 0.15) is 6.17 Å². The summed E-state index contributed by atoms with van der Waals surface area (Å²) in [5, 5.41) is 4.15. The van der Waals surface area contributed by atoms with Gasteiger partial charge in [-0.2, -0.15) is 0 Å². The lowest BCUT2D eigenvalue weighted by Gasteiger charge is -2.21. The van der Waals surface area contributed by atoms with Crippen LogP contribution in [-0.2, 0) is 17.8 Å². The number of amides is 1. The zero-order chi connectivity index (χ0) is 13.9. The van der Waals surface area contributed by atoms with E-state index >= 15 is 0 Å². The number of benzene rings is 1. The van der Waals surface area contributed by atoms with Gasteiger partial charge in [-0.3, -0.25) is 9.69 Å². The molecule has 2 aromatic rings. The molecule has 1 aromatic carbocycles. The van der Waals surface area contributed by atoms with Crippen molar-refractivity contribution >= 4 is 17.2 Å². The third-order valence-electron chi connectivity index (χ3n) is 3.38. The highest BCUT2D eigenvalue weighted by Crippen LogP contribution is 2.28. The molecule has 1 saturated heterocycles. The highest BCUT2D eigenvalue weighted by Gasteiger charge is 2.32. The van der Waals surface area contributed by atoms with E-state index in [4.69, 9.17) is 0 Å². The molecule has 0 bridgehead atoms. The molecule has 0 spiro atoms. The lowest BCUT2D eigenvalue weighted by atomic mass is 10.2. The largest absolute Gasteiger partial charge is 0.335 e. The normalized spacial score (nSPS) is 19.2. The summed E-state index contributed by atoms with van der Waals surface area (Å²) in [5.74, 6) is 0.0809. The van der Waals surface area contributed by atoms with E-state index in [0.717, 1.165) is 22.9 Å². The lowest BCUT2D eigenvalue weighted by Crippen LogP contribution is -2.26. The summed E-state index contributed by atoms with van der Waals surface area (Å²) in [6.07, 6.45) is 2.78. The summed E-state index contributed by atoms with van der Waals surface area (Å²) >= 11 is 1.68. The van der Waals surface area contributed by atoms with Gasteiger partial charge in [-0.25, -0.2) is 4.98 Å². The van der Waals surface area contributed by atoms with Gasteiger partial charge in [0.05, 0.1) is 16.4 Å². The summed E-state index contributed by atoms with van der Waals surface area (Å²) in [5.41, 5.74) is 1.22. The molecule has 0 aliphatic carbocycles. The topological polar surface area (TPSA) is 45.2 Å². The Morgan fingerprint density at radius 2 is 2.20 bits per heavy atom. The first-order valence-electron chi connectivity index (χ1n) is 6.78. The highest BCUT2D eigenvalue weighted by atomic mass is 32.1. The Labute approximate surface area is 122 Å². The molecule has 0 saturated carbocycles. The third kappa shape index (κ3) is 2.73. The number of nitrogens with zero attached hydrogens (tertiary/aromatic N) is 2. The second-order valence-corrected chi connectivity index (χ2v) is 6.02. The Morgan fingerprint density at radius 3 is 2.90 bits per heavy atom. The van der Waals surface area contributed by atoms with Gasteiger partial charge < -0.3 is 5.32 Å². The van der Waals surface area contributed by atoms with E-state index in [9.17, 15) is 4.79 Å². The van der Waals surface area contributed by atoms with Gasteiger partial charge in [-0.15, -0.1) is 11.3 Å². The number of nitrogens with one attached hydrogen (secondary N) is 1. The SMILES string of the molecule is CCc1ncc(C2NC(=O)CN2Cc2ccccc2)s1. The Kier molecular flexibility index (Phi) is 3.80. The van der Waals surface area contributed by atoms with Crippen molar-refractivity contribution in [3.63, 3.8) is 0 Å². The molecular formula is C15H17N3OS. The van der Waals surface area contributed by atoms with Crippen LogP contribution >= 0.6 is 11.3 Å². The van der Waals surface area contributed by atoms with Gasteiger partial charge in [-0.1, -0.05) is 37.3 Å². The molecule has 5 heteroatoms. The van der Waals surface area contributed by atoms with E-state index < -0.39 is 0 Å². The van der Waals surface area contributed by atoms with E-state index in [1.165, 1.54) is 5.56 Å². The fourth-order valence-corrected chi connectivity index (χ4v) is 3.34. The maximum absolute atomic E-state index is 11.7. The number of hydrogen-bond acceptors (Lipinski definition) is 4. The van der Waals surface area contributed by atoms with Crippen molar-refractivity contribution in [2.75, 3.05) is 6.54 Å². The first kappa shape index (κ1) is 13.3. The summed E-state index contributed by atoms with van der Waals surface area (Å²) in [6.45, 7) is 3.31. The smallest absolute Gasteiger partial charge is 0.235 e. The van der Waals surface area contributed by atoms with Crippen LogP contribution in [0.25, 0.3) is 0 Å². The average molecular weight is 287 g/mol. The lowest BCUT2D eigenvalue weighted by molar-refractivity contribution is -0.118. The summed E-state index contributed by atoms with van der Waals surface area (Å²) in [4.78, 5) is 19.4. The molecule has 2 heterocycles.